The van der Waals surface area contributed by atoms with Crippen molar-refractivity contribution in [3.8, 4) is 0 Å². The highest BCUT2D eigenvalue weighted by atomic mass is 29.6. The Kier molecular flexibility index (Phi) is 6.32. The first-order valence-electron chi connectivity index (χ1n) is 8.47. The molecule has 1 aliphatic rings. The molecule has 1 atom stereocenters. The highest BCUT2D eigenvalue weighted by Crippen LogP contribution is 2.37. The van der Waals surface area contributed by atoms with E-state index in [1.165, 1.54) is 6.04 Å². The second kappa shape index (κ2) is 6.70. The zero-order valence-electron chi connectivity index (χ0n) is 15.9. The van der Waals surface area contributed by atoms with Crippen LogP contribution in [0.2, 0.25) is 32.2 Å². The maximum absolute atomic E-state index is 6.87. The third-order valence-corrected chi connectivity index (χ3v) is 33.9. The van der Waals surface area contributed by atoms with Gasteiger partial charge in [-0.1, -0.05) is 40.8 Å². The molecule has 0 bridgehead atoms. The fourth-order valence-electron chi connectivity index (χ4n) is 4.35. The van der Waals surface area contributed by atoms with Crippen LogP contribution in [0.5, 0.6) is 0 Å². The van der Waals surface area contributed by atoms with Gasteiger partial charge in [0.05, 0.1) is 14.2 Å². The van der Waals surface area contributed by atoms with E-state index < -0.39 is 24.9 Å². The van der Waals surface area contributed by atoms with Crippen LogP contribution in [0.1, 0.15) is 41.5 Å². The van der Waals surface area contributed by atoms with E-state index in [9.17, 15) is 0 Å². The standard InChI is InChI=1S/C14H37NO2Si4/c1-12(2)15(13(3)4)21(17-19(7)8)16-14(5,6)11-20(9,10)18-21/h12-13,19H,11,18H2,1-10H3. The summed E-state index contributed by atoms with van der Waals surface area (Å²) in [6.07, 6.45) is 0. The Labute approximate surface area is 138 Å². The van der Waals surface area contributed by atoms with Crippen LogP contribution in [0.15, 0.2) is 0 Å². The zero-order chi connectivity index (χ0) is 16.6. The monoisotopic (exact) mass is 363 g/mol. The summed E-state index contributed by atoms with van der Waals surface area (Å²) in [5.74, 6) is 0. The predicted molar refractivity (Wildman–Crippen MR) is 104 cm³/mol. The maximum Gasteiger partial charge on any atom is 0.380 e. The first-order chi connectivity index (χ1) is 9.30. The summed E-state index contributed by atoms with van der Waals surface area (Å²) in [7, 11) is -4.75. The van der Waals surface area contributed by atoms with Gasteiger partial charge in [-0.3, -0.25) is 4.57 Å². The fraction of sp³-hybridized carbons (Fsp3) is 1.00. The molecule has 1 saturated heterocycles. The molecule has 0 saturated carbocycles. The lowest BCUT2D eigenvalue weighted by Crippen LogP contribution is -2.77. The minimum absolute atomic E-state index is 0.00147. The van der Waals surface area contributed by atoms with Gasteiger partial charge in [-0.2, -0.15) is 0 Å². The van der Waals surface area contributed by atoms with Crippen LogP contribution in [-0.4, -0.2) is 55.7 Å². The van der Waals surface area contributed by atoms with Crippen molar-refractivity contribution in [2.75, 3.05) is 0 Å². The second-order valence-corrected chi connectivity index (χ2v) is 31.7. The molecule has 1 rings (SSSR count). The molecule has 0 radical (unpaired) electrons. The summed E-state index contributed by atoms with van der Waals surface area (Å²) in [6, 6.07) is 2.32. The average Bonchev–Trinajstić information content (AvgIpc) is 2.06. The van der Waals surface area contributed by atoms with Gasteiger partial charge in [0.25, 0.3) is 0 Å². The lowest BCUT2D eigenvalue weighted by Gasteiger charge is -2.55. The summed E-state index contributed by atoms with van der Waals surface area (Å²) in [6.45, 7) is 23.6. The van der Waals surface area contributed by atoms with Gasteiger partial charge in [0.2, 0.25) is 0 Å². The van der Waals surface area contributed by atoms with Gasteiger partial charge in [0.1, 0.15) is 0 Å². The molecule has 0 aromatic rings. The third kappa shape index (κ3) is 5.12. The van der Waals surface area contributed by atoms with Gasteiger partial charge in [0, 0.05) is 19.7 Å². The van der Waals surface area contributed by atoms with Crippen molar-refractivity contribution in [3.63, 3.8) is 0 Å². The van der Waals surface area contributed by atoms with Gasteiger partial charge < -0.3 is 8.54 Å². The average molecular weight is 364 g/mol. The molecule has 0 amide bonds. The molecule has 1 heterocycles. The van der Waals surface area contributed by atoms with E-state index in [0.717, 1.165) is 0 Å². The van der Waals surface area contributed by atoms with Crippen LogP contribution in [0.25, 0.3) is 0 Å². The molecule has 1 aliphatic heterocycles. The van der Waals surface area contributed by atoms with Crippen molar-refractivity contribution < 1.29 is 8.54 Å². The summed E-state index contributed by atoms with van der Waals surface area (Å²) in [5.41, 5.74) is -0.00147. The van der Waals surface area contributed by atoms with Crippen molar-refractivity contribution in [2.45, 2.75) is 91.5 Å². The van der Waals surface area contributed by atoms with E-state index in [0.29, 0.717) is 12.1 Å². The van der Waals surface area contributed by atoms with E-state index in [4.69, 9.17) is 8.54 Å². The molecular weight excluding hydrogens is 327 g/mol. The van der Waals surface area contributed by atoms with Crippen LogP contribution in [0.4, 0.5) is 0 Å². The van der Waals surface area contributed by atoms with Gasteiger partial charge in [-0.25, -0.2) is 0 Å². The molecule has 21 heavy (non-hydrogen) atoms. The molecule has 0 spiro atoms. The minimum Gasteiger partial charge on any atom is -0.431 e. The molecule has 1 fully saturated rings. The van der Waals surface area contributed by atoms with Crippen LogP contribution >= 0.6 is 0 Å². The maximum atomic E-state index is 6.87. The zero-order valence-corrected chi connectivity index (χ0v) is 20.5. The lowest BCUT2D eigenvalue weighted by molar-refractivity contribution is 0.0515. The van der Waals surface area contributed by atoms with Crippen molar-refractivity contribution in [1.82, 2.24) is 4.57 Å². The van der Waals surface area contributed by atoms with Crippen molar-refractivity contribution in [2.24, 2.45) is 0 Å². The molecule has 0 N–H and O–H groups in total. The smallest absolute Gasteiger partial charge is 0.380 e. The second-order valence-electron chi connectivity index (χ2n) is 8.85. The Balaban J connectivity index is 3.31. The molecule has 126 valence electrons. The van der Waals surface area contributed by atoms with Crippen molar-refractivity contribution in [3.05, 3.63) is 0 Å². The molecule has 7 heteroatoms. The van der Waals surface area contributed by atoms with E-state index in [2.05, 4.69) is 72.3 Å². The van der Waals surface area contributed by atoms with E-state index in [1.54, 1.807) is 0 Å². The Bertz CT molecular complexity index is 335. The van der Waals surface area contributed by atoms with Gasteiger partial charge >= 0.3 is 8.24 Å². The number of hydrogen-bond acceptors (Lipinski definition) is 3. The van der Waals surface area contributed by atoms with Crippen LogP contribution < -0.4 is 0 Å². The molecular formula is C14H37NO2Si4. The normalized spacial score (nSPS) is 30.0. The minimum atomic E-state index is -2.18. The Morgan fingerprint density at radius 2 is 1.62 bits per heavy atom. The summed E-state index contributed by atoms with van der Waals surface area (Å²) in [5, 5.41) is 0. The summed E-state index contributed by atoms with van der Waals surface area (Å²) in [4.78, 5) is 0. The topological polar surface area (TPSA) is 21.7 Å². The van der Waals surface area contributed by atoms with Gasteiger partial charge in [0.15, 0.2) is 9.04 Å². The number of rotatable bonds is 5. The Hall–Kier alpha value is 0.748. The first kappa shape index (κ1) is 19.8. The van der Waals surface area contributed by atoms with E-state index in [-0.39, 0.29) is 14.2 Å². The Morgan fingerprint density at radius 3 is 1.95 bits per heavy atom. The first-order valence-corrected chi connectivity index (χ1v) is 20.9. The molecule has 0 aliphatic carbocycles. The number of nitrogens with zero attached hydrogens (tertiary/aromatic N) is 1. The van der Waals surface area contributed by atoms with Gasteiger partial charge in [-0.05, 0) is 33.0 Å². The van der Waals surface area contributed by atoms with Crippen LogP contribution in [-0.2, 0) is 8.54 Å². The lowest BCUT2D eigenvalue weighted by atomic mass is 10.2. The SMILES string of the molecule is CC(C)N(C(C)C)[Si]1(O[SiH](C)C)OC(C)(C)C[Si](C)(C)[SiH2]1. The Morgan fingerprint density at radius 1 is 1.14 bits per heavy atom. The highest BCUT2D eigenvalue weighted by Gasteiger charge is 2.58. The quantitative estimate of drug-likeness (QED) is 0.701. The van der Waals surface area contributed by atoms with Crippen molar-refractivity contribution in [1.29, 1.82) is 0 Å². The largest absolute Gasteiger partial charge is 0.431 e. The van der Waals surface area contributed by atoms with E-state index >= 15 is 0 Å². The van der Waals surface area contributed by atoms with Crippen molar-refractivity contribution >= 4 is 33.4 Å². The fourth-order valence-corrected chi connectivity index (χ4v) is 45.3. The van der Waals surface area contributed by atoms with E-state index in [1.807, 2.05) is 0 Å². The molecule has 1 unspecified atom stereocenters. The van der Waals surface area contributed by atoms with Crippen LogP contribution in [0.3, 0.4) is 0 Å². The molecule has 3 nitrogen and oxygen atoms in total. The highest BCUT2D eigenvalue weighted by molar-refractivity contribution is 7.50. The molecule has 0 aromatic carbocycles. The summed E-state index contributed by atoms with van der Waals surface area (Å²) < 4.78 is 16.3. The predicted octanol–water partition coefficient (Wildman–Crippen LogP) is 2.72. The van der Waals surface area contributed by atoms with Gasteiger partial charge in [-0.15, -0.1) is 0 Å². The third-order valence-electron chi connectivity index (χ3n) is 3.97. The van der Waals surface area contributed by atoms with Crippen LogP contribution in [0, 0.1) is 0 Å². The summed E-state index contributed by atoms with van der Waals surface area (Å²) >= 11 is 0. The number of hydrogen-bond donors (Lipinski definition) is 0. The molecule has 0 aromatic heterocycles.